The molecule has 0 N–H and O–H groups in total. The van der Waals surface area contributed by atoms with E-state index in [1.807, 2.05) is 0 Å². The summed E-state index contributed by atoms with van der Waals surface area (Å²) in [6.45, 7) is 14.6. The summed E-state index contributed by atoms with van der Waals surface area (Å²) in [5.74, 6) is 12.8. The molecule has 0 bridgehead atoms. The third-order valence-electron chi connectivity index (χ3n) is 14.4. The van der Waals surface area contributed by atoms with Crippen molar-refractivity contribution in [1.82, 2.24) is 0 Å². The number of rotatable bonds is 3. The van der Waals surface area contributed by atoms with Crippen LogP contribution in [0.3, 0.4) is 0 Å². The van der Waals surface area contributed by atoms with Gasteiger partial charge in [0.25, 0.3) is 0 Å². The molecule has 0 heteroatoms. The minimum Gasteiger partial charge on any atom is -0.0625 e. The van der Waals surface area contributed by atoms with Crippen LogP contribution in [0.2, 0.25) is 0 Å². The van der Waals surface area contributed by atoms with E-state index in [4.69, 9.17) is 0 Å². The van der Waals surface area contributed by atoms with Crippen molar-refractivity contribution in [1.29, 1.82) is 0 Å². The second-order valence-corrected chi connectivity index (χ2v) is 18.1. The molecule has 0 aromatic carbocycles. The average Bonchev–Trinajstić information content (AvgIpc) is 3.01. The lowest BCUT2D eigenvalue weighted by molar-refractivity contribution is 0.155. The summed E-state index contributed by atoms with van der Waals surface area (Å²) in [6.07, 6.45) is 36.6. The van der Waals surface area contributed by atoms with Crippen LogP contribution >= 0.6 is 0 Å². The lowest BCUT2D eigenvalue weighted by Gasteiger charge is -2.36. The lowest BCUT2D eigenvalue weighted by Crippen LogP contribution is -2.24. The Morgan fingerprint density at radius 1 is 0.167 bits per heavy atom. The first-order valence-electron chi connectivity index (χ1n) is 20.3. The fourth-order valence-electron chi connectivity index (χ4n) is 10.5. The topological polar surface area (TPSA) is 0 Å². The minimum absolute atomic E-state index is 1.02. The molecule has 0 aromatic rings. The van der Waals surface area contributed by atoms with Crippen LogP contribution < -0.4 is 0 Å². The van der Waals surface area contributed by atoms with Crippen molar-refractivity contribution in [2.45, 2.75) is 196 Å². The second-order valence-electron chi connectivity index (χ2n) is 18.1. The second kappa shape index (κ2) is 18.2. The smallest absolute Gasteiger partial charge is 0.0386 e. The molecule has 6 saturated carbocycles. The van der Waals surface area contributed by atoms with Gasteiger partial charge in [-0.05, 0) is 148 Å². The van der Waals surface area contributed by atoms with Gasteiger partial charge < -0.3 is 0 Å². The van der Waals surface area contributed by atoms with Crippen LogP contribution in [0.25, 0.3) is 0 Å². The van der Waals surface area contributed by atoms with E-state index in [1.165, 1.54) is 77.0 Å². The van der Waals surface area contributed by atoms with Crippen molar-refractivity contribution < 1.29 is 0 Å². The van der Waals surface area contributed by atoms with E-state index in [0.717, 1.165) is 71.0 Å². The Morgan fingerprint density at radius 2 is 0.262 bits per heavy atom. The van der Waals surface area contributed by atoms with Gasteiger partial charge >= 0.3 is 0 Å². The van der Waals surface area contributed by atoms with Crippen LogP contribution in [0, 0.1) is 71.0 Å². The first-order valence-corrected chi connectivity index (χ1v) is 20.3. The predicted octanol–water partition coefficient (Wildman–Crippen LogP) is 13.9. The summed E-state index contributed by atoms with van der Waals surface area (Å²) in [4.78, 5) is 0. The van der Waals surface area contributed by atoms with Crippen LogP contribution in [0.4, 0.5) is 0 Å². The molecule has 0 aliphatic heterocycles. The van der Waals surface area contributed by atoms with Crippen LogP contribution in [-0.4, -0.2) is 0 Å². The Bertz CT molecular complexity index is 506. The molecule has 6 aliphatic rings. The molecule has 0 aromatic heterocycles. The largest absolute Gasteiger partial charge is 0.0625 e. The quantitative estimate of drug-likeness (QED) is 0.310. The van der Waals surface area contributed by atoms with E-state index in [1.54, 1.807) is 77.0 Å². The molecule has 0 spiro atoms. The maximum atomic E-state index is 2.43. The molecule has 0 nitrogen and oxygen atoms in total. The van der Waals surface area contributed by atoms with Gasteiger partial charge in [-0.2, -0.15) is 0 Å². The third-order valence-corrected chi connectivity index (χ3v) is 14.4. The molecule has 0 atom stereocenters. The molecular weight excluding hydrogens is 504 g/mol. The average molecular weight is 583 g/mol. The van der Waals surface area contributed by atoms with E-state index in [0.29, 0.717) is 0 Å². The van der Waals surface area contributed by atoms with Crippen molar-refractivity contribution in [2.24, 2.45) is 71.0 Å². The predicted molar refractivity (Wildman–Crippen MR) is 187 cm³/mol. The van der Waals surface area contributed by atoms with Crippen molar-refractivity contribution in [2.75, 3.05) is 0 Å². The van der Waals surface area contributed by atoms with Crippen molar-refractivity contribution in [3.05, 3.63) is 0 Å². The van der Waals surface area contributed by atoms with Gasteiger partial charge in [-0.3, -0.25) is 0 Å². The number of hydrogen-bond donors (Lipinski definition) is 0. The highest BCUT2D eigenvalue weighted by Gasteiger charge is 2.30. The maximum Gasteiger partial charge on any atom is -0.0386 e. The Hall–Kier alpha value is 0. The summed E-state index contributed by atoms with van der Waals surface area (Å²) >= 11 is 0. The van der Waals surface area contributed by atoms with Gasteiger partial charge in [0.15, 0.2) is 0 Å². The van der Waals surface area contributed by atoms with Gasteiger partial charge in [0.2, 0.25) is 0 Å². The fourth-order valence-corrected chi connectivity index (χ4v) is 10.5. The minimum atomic E-state index is 1.02. The molecular formula is C42H78. The molecule has 6 fully saturated rings. The highest BCUT2D eigenvalue weighted by molar-refractivity contribution is 4.82. The van der Waals surface area contributed by atoms with Gasteiger partial charge in [-0.1, -0.05) is 119 Å². The molecule has 6 rings (SSSR count). The van der Waals surface area contributed by atoms with Crippen LogP contribution in [-0.2, 0) is 0 Å². The van der Waals surface area contributed by atoms with Gasteiger partial charge in [0.1, 0.15) is 0 Å². The molecule has 0 amide bonds. The zero-order valence-corrected chi connectivity index (χ0v) is 29.9. The lowest BCUT2D eigenvalue weighted by atomic mass is 9.70. The summed E-state index contributed by atoms with van der Waals surface area (Å²) in [6, 6.07) is 0. The summed E-state index contributed by atoms with van der Waals surface area (Å²) in [7, 11) is 0. The van der Waals surface area contributed by atoms with E-state index in [9.17, 15) is 0 Å². The van der Waals surface area contributed by atoms with E-state index >= 15 is 0 Å². The first-order chi connectivity index (χ1) is 20.3. The highest BCUT2D eigenvalue weighted by atomic mass is 14.4. The molecule has 42 heavy (non-hydrogen) atoms. The summed E-state index contributed by atoms with van der Waals surface area (Å²) in [5.41, 5.74) is 0. The number of hydrogen-bond acceptors (Lipinski definition) is 0. The fraction of sp³-hybridized carbons (Fsp3) is 1.00. The monoisotopic (exact) mass is 583 g/mol. The standard InChI is InChI=1S/3C14H26/c3*1-11-3-7-13(8-4-11)14-9-5-12(2)6-10-14/h3*11-14H,3-10H2,1-2H3. The summed E-state index contributed by atoms with van der Waals surface area (Å²) < 4.78 is 0. The highest BCUT2D eigenvalue weighted by Crippen LogP contribution is 2.43. The van der Waals surface area contributed by atoms with Gasteiger partial charge in [-0.25, -0.2) is 0 Å². The van der Waals surface area contributed by atoms with Crippen molar-refractivity contribution in [3.8, 4) is 0 Å². The van der Waals surface area contributed by atoms with Gasteiger partial charge in [0.05, 0.1) is 0 Å². The Labute approximate surface area is 266 Å². The zero-order chi connectivity index (χ0) is 29.9. The van der Waals surface area contributed by atoms with Crippen LogP contribution in [0.5, 0.6) is 0 Å². The van der Waals surface area contributed by atoms with Crippen molar-refractivity contribution >= 4 is 0 Å². The maximum absolute atomic E-state index is 2.43. The molecule has 6 aliphatic carbocycles. The molecule has 0 saturated heterocycles. The van der Waals surface area contributed by atoms with Crippen LogP contribution in [0.15, 0.2) is 0 Å². The Kier molecular flexibility index (Phi) is 15.1. The van der Waals surface area contributed by atoms with E-state index in [2.05, 4.69) is 41.5 Å². The van der Waals surface area contributed by atoms with Gasteiger partial charge in [0, 0.05) is 0 Å². The zero-order valence-electron chi connectivity index (χ0n) is 29.9. The third kappa shape index (κ3) is 11.7. The van der Waals surface area contributed by atoms with E-state index in [-0.39, 0.29) is 0 Å². The van der Waals surface area contributed by atoms with E-state index < -0.39 is 0 Å². The molecule has 246 valence electrons. The van der Waals surface area contributed by atoms with Crippen LogP contribution in [0.1, 0.15) is 196 Å². The normalized spacial score (nSPS) is 45.0. The SMILES string of the molecule is CC1CCC(C2CCC(C)CC2)CC1.CC1CCC(C2CCC(C)CC2)CC1.CC1CCC(C2CCC(C)CC2)CC1. The Morgan fingerprint density at radius 3 is 0.357 bits per heavy atom. The first kappa shape index (κ1) is 34.9. The van der Waals surface area contributed by atoms with Crippen molar-refractivity contribution in [3.63, 3.8) is 0 Å². The molecule has 0 unspecified atom stereocenters. The Balaban J connectivity index is 0.000000145. The molecule has 0 radical (unpaired) electrons. The molecule has 0 heterocycles. The van der Waals surface area contributed by atoms with Gasteiger partial charge in [-0.15, -0.1) is 0 Å². The summed E-state index contributed by atoms with van der Waals surface area (Å²) in [5, 5.41) is 0.